The molecule has 2 rings (SSSR count). The summed E-state index contributed by atoms with van der Waals surface area (Å²) in [5.74, 6) is 0. The molecule has 0 N–H and O–H groups in total. The lowest BCUT2D eigenvalue weighted by atomic mass is 10.4. The monoisotopic (exact) mass is 196 g/mol. The van der Waals surface area contributed by atoms with E-state index < -0.39 is 19.1 Å². The second kappa shape index (κ2) is 3.11. The van der Waals surface area contributed by atoms with Gasteiger partial charge >= 0.3 is 6.18 Å². The van der Waals surface area contributed by atoms with E-state index >= 15 is 0 Å². The van der Waals surface area contributed by atoms with E-state index in [1.807, 2.05) is 4.90 Å². The average molecular weight is 196 g/mol. The van der Waals surface area contributed by atoms with Crippen molar-refractivity contribution in [1.29, 1.82) is 0 Å². The van der Waals surface area contributed by atoms with E-state index in [9.17, 15) is 13.2 Å². The van der Waals surface area contributed by atoms with Gasteiger partial charge in [-0.3, -0.25) is 9.74 Å². The molecule has 0 aromatic heterocycles. The van der Waals surface area contributed by atoms with Crippen LogP contribution in [-0.4, -0.2) is 42.1 Å². The summed E-state index contributed by atoms with van der Waals surface area (Å²) >= 11 is 0. The molecule has 6 heteroatoms. The largest absolute Gasteiger partial charge is 0.403 e. The zero-order valence-electron chi connectivity index (χ0n) is 7.05. The number of hydrogen-bond donors (Lipinski definition) is 0. The Hall–Kier alpha value is -0.330. The molecule has 2 atom stereocenters. The molecule has 0 bridgehead atoms. The van der Waals surface area contributed by atoms with Crippen molar-refractivity contribution in [3.63, 3.8) is 0 Å². The Bertz CT molecular complexity index is 191. The first-order valence-electron chi connectivity index (χ1n) is 4.30. The lowest BCUT2D eigenvalue weighted by Crippen LogP contribution is -2.30. The van der Waals surface area contributed by atoms with Gasteiger partial charge in [-0.1, -0.05) is 0 Å². The molecule has 0 aromatic carbocycles. The Morgan fingerprint density at radius 3 is 2.38 bits per heavy atom. The molecule has 2 fully saturated rings. The van der Waals surface area contributed by atoms with E-state index in [1.165, 1.54) is 0 Å². The number of hydroxylamine groups is 2. The van der Waals surface area contributed by atoms with Gasteiger partial charge in [0, 0.05) is 13.1 Å². The van der Waals surface area contributed by atoms with Gasteiger partial charge in [-0.25, -0.2) is 0 Å². The molecule has 0 aliphatic carbocycles. The number of hydrogen-bond acceptors (Lipinski definition) is 3. The molecule has 2 unspecified atom stereocenters. The molecule has 0 aromatic rings. The minimum Gasteiger partial charge on any atom is -0.262 e. The van der Waals surface area contributed by atoms with Gasteiger partial charge in [0.25, 0.3) is 0 Å². The first-order chi connectivity index (χ1) is 6.06. The van der Waals surface area contributed by atoms with Crippen LogP contribution in [0.5, 0.6) is 0 Å². The third-order valence-corrected chi connectivity index (χ3v) is 2.22. The van der Waals surface area contributed by atoms with Gasteiger partial charge in [-0.2, -0.15) is 13.2 Å². The van der Waals surface area contributed by atoms with Crippen molar-refractivity contribution in [2.24, 2.45) is 0 Å². The van der Waals surface area contributed by atoms with Crippen molar-refractivity contribution in [3.05, 3.63) is 0 Å². The molecule has 2 heterocycles. The molecule has 0 amide bonds. The summed E-state index contributed by atoms with van der Waals surface area (Å²) < 4.78 is 35.6. The standard InChI is InChI=1S/C7H11F3N2O/c8-7(9,10)5-12-6(13-12)11-3-1-2-4-11/h6H,1-5H2. The molecule has 2 saturated heterocycles. The number of nitrogens with zero attached hydrogens (tertiary/aromatic N) is 2. The summed E-state index contributed by atoms with van der Waals surface area (Å²) in [6.07, 6.45) is -2.46. The van der Waals surface area contributed by atoms with E-state index in [0.717, 1.165) is 31.0 Å². The van der Waals surface area contributed by atoms with Crippen LogP contribution in [0.25, 0.3) is 0 Å². The van der Waals surface area contributed by atoms with Crippen molar-refractivity contribution >= 4 is 0 Å². The van der Waals surface area contributed by atoms with Crippen LogP contribution >= 0.6 is 0 Å². The van der Waals surface area contributed by atoms with E-state index in [2.05, 4.69) is 0 Å². The van der Waals surface area contributed by atoms with Crippen molar-refractivity contribution in [3.8, 4) is 0 Å². The summed E-state index contributed by atoms with van der Waals surface area (Å²) in [5.41, 5.74) is 0. The predicted molar refractivity (Wildman–Crippen MR) is 38.4 cm³/mol. The van der Waals surface area contributed by atoms with Crippen molar-refractivity contribution < 1.29 is 18.0 Å². The van der Waals surface area contributed by atoms with Gasteiger partial charge in [0.2, 0.25) is 6.35 Å². The molecular weight excluding hydrogens is 185 g/mol. The SMILES string of the molecule is FC(F)(F)CN1OC1N1CCCC1. The Morgan fingerprint density at radius 2 is 1.85 bits per heavy atom. The maximum atomic E-state index is 11.9. The molecule has 76 valence electrons. The number of halogens is 3. The molecule has 2 aliphatic heterocycles. The molecule has 3 nitrogen and oxygen atoms in total. The van der Waals surface area contributed by atoms with Crippen LogP contribution in [0.4, 0.5) is 13.2 Å². The summed E-state index contributed by atoms with van der Waals surface area (Å²) in [6, 6.07) is 0. The van der Waals surface area contributed by atoms with E-state index in [0.29, 0.717) is 0 Å². The van der Waals surface area contributed by atoms with Gasteiger partial charge < -0.3 is 0 Å². The predicted octanol–water partition coefficient (Wildman–Crippen LogP) is 1.18. The zero-order valence-corrected chi connectivity index (χ0v) is 7.05. The van der Waals surface area contributed by atoms with Gasteiger partial charge in [0.15, 0.2) is 0 Å². The molecule has 0 radical (unpaired) electrons. The van der Waals surface area contributed by atoms with Gasteiger partial charge in [-0.05, 0) is 12.8 Å². The topological polar surface area (TPSA) is 18.8 Å². The van der Waals surface area contributed by atoms with E-state index in [4.69, 9.17) is 4.84 Å². The van der Waals surface area contributed by atoms with Gasteiger partial charge in [0.1, 0.15) is 6.54 Å². The Morgan fingerprint density at radius 1 is 1.23 bits per heavy atom. The second-order valence-electron chi connectivity index (χ2n) is 3.37. The summed E-state index contributed by atoms with van der Waals surface area (Å²) in [6.45, 7) is 0.728. The smallest absolute Gasteiger partial charge is 0.262 e. The highest BCUT2D eigenvalue weighted by Crippen LogP contribution is 2.31. The van der Waals surface area contributed by atoms with Crippen molar-refractivity contribution in [2.75, 3.05) is 19.6 Å². The van der Waals surface area contributed by atoms with Crippen molar-refractivity contribution in [2.45, 2.75) is 25.4 Å². The van der Waals surface area contributed by atoms with Crippen LogP contribution in [0.1, 0.15) is 12.8 Å². The molecule has 0 spiro atoms. The molecular formula is C7H11F3N2O. The number of rotatable bonds is 2. The fraction of sp³-hybridized carbons (Fsp3) is 1.00. The third kappa shape index (κ3) is 2.32. The highest BCUT2D eigenvalue weighted by molar-refractivity contribution is 4.75. The highest BCUT2D eigenvalue weighted by Gasteiger charge is 2.48. The Balaban J connectivity index is 1.75. The first-order valence-corrected chi connectivity index (χ1v) is 4.30. The lowest BCUT2D eigenvalue weighted by Gasteiger charge is -2.10. The third-order valence-electron chi connectivity index (χ3n) is 2.22. The summed E-state index contributed by atoms with van der Waals surface area (Å²) in [7, 11) is 0. The van der Waals surface area contributed by atoms with E-state index in [1.54, 1.807) is 0 Å². The average Bonchev–Trinajstić information content (AvgIpc) is 2.58. The zero-order chi connectivity index (χ0) is 9.47. The minimum atomic E-state index is -4.16. The Kier molecular flexibility index (Phi) is 2.21. The van der Waals surface area contributed by atoms with Crippen LogP contribution in [0.15, 0.2) is 0 Å². The van der Waals surface area contributed by atoms with Crippen LogP contribution in [0.3, 0.4) is 0 Å². The van der Waals surface area contributed by atoms with Crippen molar-refractivity contribution in [1.82, 2.24) is 9.96 Å². The highest BCUT2D eigenvalue weighted by atomic mass is 19.4. The van der Waals surface area contributed by atoms with Gasteiger partial charge in [0.05, 0.1) is 0 Å². The summed E-state index contributed by atoms with van der Waals surface area (Å²) in [5, 5.41) is 0.978. The molecule has 2 aliphatic rings. The van der Waals surface area contributed by atoms with Crippen LogP contribution < -0.4 is 0 Å². The number of likely N-dealkylation sites (tertiary alicyclic amines) is 1. The molecule has 0 saturated carbocycles. The lowest BCUT2D eigenvalue weighted by molar-refractivity contribution is -0.147. The summed E-state index contributed by atoms with van der Waals surface area (Å²) in [4.78, 5) is 6.74. The maximum Gasteiger partial charge on any atom is 0.403 e. The maximum absolute atomic E-state index is 11.9. The number of alkyl halides is 3. The van der Waals surface area contributed by atoms with E-state index in [-0.39, 0.29) is 0 Å². The quantitative estimate of drug-likeness (QED) is 0.618. The fourth-order valence-electron chi connectivity index (χ4n) is 1.60. The first kappa shape index (κ1) is 9.23. The fourth-order valence-corrected chi connectivity index (χ4v) is 1.60. The van der Waals surface area contributed by atoms with Crippen LogP contribution in [0.2, 0.25) is 0 Å². The second-order valence-corrected chi connectivity index (χ2v) is 3.37. The van der Waals surface area contributed by atoms with Crippen LogP contribution in [0, 0.1) is 0 Å². The molecule has 13 heavy (non-hydrogen) atoms. The van der Waals surface area contributed by atoms with Gasteiger partial charge in [-0.15, -0.1) is 5.06 Å². The van der Waals surface area contributed by atoms with Crippen LogP contribution in [-0.2, 0) is 4.84 Å². The Labute approximate surface area is 74.0 Å². The minimum absolute atomic E-state index is 0.413. The normalized spacial score (nSPS) is 35.3.